The van der Waals surface area contributed by atoms with Crippen LogP contribution in [0.25, 0.3) is 0 Å². The highest BCUT2D eigenvalue weighted by Gasteiger charge is 2.19. The molecule has 6 heteroatoms. The van der Waals surface area contributed by atoms with E-state index in [9.17, 15) is 22.8 Å². The lowest BCUT2D eigenvalue weighted by Gasteiger charge is -2.02. The number of benzene rings is 1. The van der Waals surface area contributed by atoms with Crippen LogP contribution in [0.3, 0.4) is 0 Å². The Bertz CT molecular complexity index is 469. The van der Waals surface area contributed by atoms with E-state index in [1.54, 1.807) is 0 Å². The van der Waals surface area contributed by atoms with Gasteiger partial charge in [0.05, 0.1) is 5.56 Å². The van der Waals surface area contributed by atoms with E-state index >= 15 is 0 Å². The third-order valence-electron chi connectivity index (χ3n) is 1.59. The van der Waals surface area contributed by atoms with Crippen molar-refractivity contribution in [3.05, 3.63) is 47.8 Å². The number of rotatable bonds is 2. The maximum atomic E-state index is 13.0. The van der Waals surface area contributed by atoms with Gasteiger partial charge in [0.1, 0.15) is 5.82 Å². The van der Waals surface area contributed by atoms with Gasteiger partial charge in [0.2, 0.25) is 0 Å². The van der Waals surface area contributed by atoms with E-state index in [2.05, 4.69) is 11.3 Å². The molecule has 0 atom stereocenters. The van der Waals surface area contributed by atoms with Gasteiger partial charge >= 0.3 is 11.9 Å². The minimum atomic E-state index is -1.44. The Balaban J connectivity index is 3.04. The van der Waals surface area contributed by atoms with Crippen molar-refractivity contribution in [3.8, 4) is 0 Å². The molecule has 0 heterocycles. The predicted octanol–water partition coefficient (Wildman–Crippen LogP) is 1.97. The van der Waals surface area contributed by atoms with Crippen molar-refractivity contribution in [2.75, 3.05) is 0 Å². The number of esters is 2. The van der Waals surface area contributed by atoms with Crippen LogP contribution in [-0.2, 0) is 9.53 Å². The predicted molar refractivity (Wildman–Crippen MR) is 46.9 cm³/mol. The number of carbonyl (C=O) groups excluding carboxylic acids is 2. The first-order valence-corrected chi connectivity index (χ1v) is 3.99. The molecule has 0 aliphatic rings. The van der Waals surface area contributed by atoms with Crippen LogP contribution in [0.1, 0.15) is 10.4 Å². The van der Waals surface area contributed by atoms with Crippen LogP contribution in [0.5, 0.6) is 0 Å². The number of carbonyl (C=O) groups is 2. The number of halogens is 3. The fourth-order valence-corrected chi connectivity index (χ4v) is 0.867. The van der Waals surface area contributed by atoms with E-state index in [4.69, 9.17) is 0 Å². The van der Waals surface area contributed by atoms with Crippen molar-refractivity contribution in [2.45, 2.75) is 0 Å². The van der Waals surface area contributed by atoms with Gasteiger partial charge in [0.25, 0.3) is 0 Å². The van der Waals surface area contributed by atoms with Crippen molar-refractivity contribution in [1.29, 1.82) is 0 Å². The lowest BCUT2D eigenvalue weighted by Crippen LogP contribution is -2.12. The molecule has 0 aliphatic heterocycles. The highest BCUT2D eigenvalue weighted by atomic mass is 19.2. The van der Waals surface area contributed by atoms with Crippen molar-refractivity contribution in [3.63, 3.8) is 0 Å². The van der Waals surface area contributed by atoms with Gasteiger partial charge < -0.3 is 4.74 Å². The summed E-state index contributed by atoms with van der Waals surface area (Å²) in [5, 5.41) is 0. The lowest BCUT2D eigenvalue weighted by atomic mass is 10.2. The molecule has 0 aromatic heterocycles. The zero-order valence-electron chi connectivity index (χ0n) is 7.80. The van der Waals surface area contributed by atoms with Crippen LogP contribution in [0.4, 0.5) is 13.2 Å². The van der Waals surface area contributed by atoms with Gasteiger partial charge in [-0.25, -0.2) is 22.8 Å². The Morgan fingerprint density at radius 2 is 1.69 bits per heavy atom. The molecule has 0 unspecified atom stereocenters. The van der Waals surface area contributed by atoms with Crippen LogP contribution < -0.4 is 0 Å². The average molecular weight is 230 g/mol. The molecule has 84 valence electrons. The standard InChI is InChI=1S/C10H5F3O3/c1-2-9(14)16-10(15)5-3-7(12)8(13)4-6(5)11/h2-4H,1H2. The summed E-state index contributed by atoms with van der Waals surface area (Å²) in [5.74, 6) is -6.71. The highest BCUT2D eigenvalue weighted by Crippen LogP contribution is 2.14. The monoisotopic (exact) mass is 230 g/mol. The normalized spacial score (nSPS) is 9.69. The summed E-state index contributed by atoms with van der Waals surface area (Å²) in [7, 11) is 0. The third kappa shape index (κ3) is 2.47. The van der Waals surface area contributed by atoms with E-state index in [1.165, 1.54) is 0 Å². The van der Waals surface area contributed by atoms with E-state index < -0.39 is 35.0 Å². The fraction of sp³-hybridized carbons (Fsp3) is 0. The van der Waals surface area contributed by atoms with E-state index in [1.807, 2.05) is 0 Å². The van der Waals surface area contributed by atoms with Crippen molar-refractivity contribution < 1.29 is 27.5 Å². The van der Waals surface area contributed by atoms with E-state index in [0.29, 0.717) is 12.1 Å². The zero-order chi connectivity index (χ0) is 12.3. The molecule has 0 saturated carbocycles. The molecular formula is C10H5F3O3. The summed E-state index contributed by atoms with van der Waals surface area (Å²) in [5.41, 5.74) is -0.867. The molecule has 0 spiro atoms. The molecule has 0 saturated heterocycles. The van der Waals surface area contributed by atoms with Gasteiger partial charge in [-0.3, -0.25) is 0 Å². The average Bonchev–Trinajstić information content (AvgIpc) is 2.23. The second-order valence-corrected chi connectivity index (χ2v) is 2.66. The largest absolute Gasteiger partial charge is 0.386 e. The smallest absolute Gasteiger partial charge is 0.349 e. The molecule has 16 heavy (non-hydrogen) atoms. The van der Waals surface area contributed by atoms with Gasteiger partial charge in [-0.1, -0.05) is 6.58 Å². The van der Waals surface area contributed by atoms with Crippen molar-refractivity contribution >= 4 is 11.9 Å². The summed E-state index contributed by atoms with van der Waals surface area (Å²) in [6.45, 7) is 3.01. The zero-order valence-corrected chi connectivity index (χ0v) is 7.80. The van der Waals surface area contributed by atoms with Gasteiger partial charge in [0.15, 0.2) is 11.6 Å². The minimum absolute atomic E-state index is 0.185. The topological polar surface area (TPSA) is 43.4 Å². The SMILES string of the molecule is C=CC(=O)OC(=O)c1cc(F)c(F)cc1F. The molecule has 0 radical (unpaired) electrons. The Kier molecular flexibility index (Phi) is 3.44. The van der Waals surface area contributed by atoms with Gasteiger partial charge in [-0.15, -0.1) is 0 Å². The molecule has 0 aliphatic carbocycles. The summed E-state index contributed by atoms with van der Waals surface area (Å²) < 4.78 is 42.2. The molecule has 3 nitrogen and oxygen atoms in total. The molecular weight excluding hydrogens is 225 g/mol. The fourth-order valence-electron chi connectivity index (χ4n) is 0.867. The van der Waals surface area contributed by atoms with Gasteiger partial charge in [0, 0.05) is 12.1 Å². The second kappa shape index (κ2) is 4.61. The van der Waals surface area contributed by atoms with Crippen LogP contribution >= 0.6 is 0 Å². The molecule has 1 rings (SSSR count). The molecule has 1 aromatic rings. The molecule has 1 aromatic carbocycles. The van der Waals surface area contributed by atoms with Crippen LogP contribution in [-0.4, -0.2) is 11.9 Å². The molecule has 0 N–H and O–H groups in total. The number of hydrogen-bond donors (Lipinski definition) is 0. The first-order chi connectivity index (χ1) is 7.45. The van der Waals surface area contributed by atoms with Crippen LogP contribution in [0, 0.1) is 17.5 Å². The Labute approximate surface area is 88.1 Å². The first kappa shape index (κ1) is 12.0. The summed E-state index contributed by atoms with van der Waals surface area (Å²) in [6.07, 6.45) is 0.676. The number of hydrogen-bond acceptors (Lipinski definition) is 3. The second-order valence-electron chi connectivity index (χ2n) is 2.66. The van der Waals surface area contributed by atoms with Gasteiger partial charge in [-0.05, 0) is 6.07 Å². The van der Waals surface area contributed by atoms with E-state index in [-0.39, 0.29) is 6.07 Å². The molecule has 0 fully saturated rings. The van der Waals surface area contributed by atoms with Crippen molar-refractivity contribution in [1.82, 2.24) is 0 Å². The quantitative estimate of drug-likeness (QED) is 0.337. The minimum Gasteiger partial charge on any atom is -0.386 e. The molecule has 0 amide bonds. The lowest BCUT2D eigenvalue weighted by molar-refractivity contribution is -0.132. The van der Waals surface area contributed by atoms with Gasteiger partial charge in [-0.2, -0.15) is 0 Å². The first-order valence-electron chi connectivity index (χ1n) is 3.99. The van der Waals surface area contributed by atoms with E-state index in [0.717, 1.165) is 0 Å². The molecule has 0 bridgehead atoms. The maximum absolute atomic E-state index is 13.0. The summed E-state index contributed by atoms with van der Waals surface area (Å²) in [6, 6.07) is 0.494. The highest BCUT2D eigenvalue weighted by molar-refractivity contribution is 5.99. The van der Waals surface area contributed by atoms with Crippen LogP contribution in [0.15, 0.2) is 24.8 Å². The van der Waals surface area contributed by atoms with Crippen molar-refractivity contribution in [2.24, 2.45) is 0 Å². The Morgan fingerprint density at radius 3 is 2.25 bits per heavy atom. The Hall–Kier alpha value is -2.11. The summed E-state index contributed by atoms with van der Waals surface area (Å²) >= 11 is 0. The van der Waals surface area contributed by atoms with Crippen LogP contribution in [0.2, 0.25) is 0 Å². The maximum Gasteiger partial charge on any atom is 0.349 e. The number of ether oxygens (including phenoxy) is 1. The Morgan fingerprint density at radius 1 is 1.12 bits per heavy atom. The third-order valence-corrected chi connectivity index (χ3v) is 1.59. The summed E-state index contributed by atoms with van der Waals surface area (Å²) in [4.78, 5) is 21.7.